The maximum atomic E-state index is 9.13. The van der Waals surface area contributed by atoms with E-state index in [0.717, 1.165) is 12.8 Å². The first-order valence-electron chi connectivity index (χ1n) is 4.36. The number of carboxylic acid groups (broad SMARTS) is 2. The molecule has 0 saturated heterocycles. The molecule has 0 fully saturated rings. The minimum absolute atomic E-state index is 0. The third-order valence-corrected chi connectivity index (χ3v) is 0.845. The van der Waals surface area contributed by atoms with Crippen LogP contribution in [0.25, 0.3) is 0 Å². The van der Waals surface area contributed by atoms with Crippen molar-refractivity contribution in [3.05, 3.63) is 0 Å². The smallest absolute Gasteiger partial charge is 0.549 e. The molecule has 0 aliphatic carbocycles. The molecule has 0 saturated carbocycles. The normalized spacial score (nSPS) is 6.82. The van der Waals surface area contributed by atoms with Gasteiger partial charge in [-0.25, -0.2) is 0 Å². The van der Waals surface area contributed by atoms with Gasteiger partial charge in [0.1, 0.15) is 0 Å². The van der Waals surface area contributed by atoms with Gasteiger partial charge in [0.05, 0.1) is 11.9 Å². The number of hydrogen-bond acceptors (Lipinski definition) is 7. The van der Waals surface area contributed by atoms with Crippen molar-refractivity contribution < 1.29 is 128 Å². The van der Waals surface area contributed by atoms with Crippen LogP contribution in [0.3, 0.4) is 0 Å². The second kappa shape index (κ2) is 30.8. The van der Waals surface area contributed by atoms with Crippen LogP contribution in [-0.2, 0) is 9.59 Å². The Morgan fingerprint density at radius 1 is 1.06 bits per heavy atom. The van der Waals surface area contributed by atoms with Gasteiger partial charge in [0.2, 0.25) is 0 Å². The molecule has 0 rings (SSSR count). The Morgan fingerprint density at radius 2 is 1.29 bits per heavy atom. The van der Waals surface area contributed by atoms with Crippen molar-refractivity contribution in [2.45, 2.75) is 19.8 Å². The number of hydrogen-bond donors (Lipinski definition) is 3. The standard InChI is InChI=1S/C4H10O.2C2H5NO2.2K/c1-2-3-4-5;2*3-1-2(4)5;;/h5H,2-4H2,1H3;2*1,3H2,(H,4,5);;/q;;;2*+1/p-2. The number of carboxylic acids is 2. The molecule has 17 heavy (non-hydrogen) atoms. The zero-order valence-electron chi connectivity index (χ0n) is 10.8. The summed E-state index contributed by atoms with van der Waals surface area (Å²) < 4.78 is 0. The Hall–Kier alpha value is 2.09. The molecule has 92 valence electrons. The molecule has 0 aliphatic rings. The van der Waals surface area contributed by atoms with E-state index < -0.39 is 11.9 Å². The fourth-order valence-corrected chi connectivity index (χ4v) is 0.158. The van der Waals surface area contributed by atoms with E-state index in [0.29, 0.717) is 6.61 Å². The van der Waals surface area contributed by atoms with Crippen LogP contribution in [0.2, 0.25) is 0 Å². The molecular formula is C8H18K2N2O5. The average molecular weight is 300 g/mol. The summed E-state index contributed by atoms with van der Waals surface area (Å²) in [6, 6.07) is 0. The van der Waals surface area contributed by atoms with Crippen molar-refractivity contribution in [1.29, 1.82) is 0 Å². The van der Waals surface area contributed by atoms with Crippen molar-refractivity contribution in [2.24, 2.45) is 11.5 Å². The van der Waals surface area contributed by atoms with Gasteiger partial charge in [-0.05, 0) is 6.42 Å². The first kappa shape index (κ1) is 31.5. The van der Waals surface area contributed by atoms with Gasteiger partial charge in [0.15, 0.2) is 0 Å². The van der Waals surface area contributed by atoms with E-state index in [1.165, 1.54) is 0 Å². The first-order chi connectivity index (χ1) is 6.95. The van der Waals surface area contributed by atoms with E-state index in [1.807, 2.05) is 0 Å². The van der Waals surface area contributed by atoms with Crippen LogP contribution < -0.4 is 124 Å². The Morgan fingerprint density at radius 3 is 1.29 bits per heavy atom. The molecule has 5 N–H and O–H groups in total. The van der Waals surface area contributed by atoms with Crippen LogP contribution in [0.4, 0.5) is 0 Å². The fraction of sp³-hybridized carbons (Fsp3) is 0.750. The predicted molar refractivity (Wildman–Crippen MR) is 50.1 cm³/mol. The molecule has 9 heteroatoms. The molecule has 0 bridgehead atoms. The number of rotatable bonds is 4. The Bertz CT molecular complexity index is 145. The number of aliphatic hydroxyl groups is 1. The molecule has 0 radical (unpaired) electrons. The van der Waals surface area contributed by atoms with Crippen LogP contribution in [0.15, 0.2) is 0 Å². The SMILES string of the molecule is CCCCO.NCC(=O)[O-].NCC(=O)[O-].[K+].[K+]. The van der Waals surface area contributed by atoms with Crippen LogP contribution in [0.1, 0.15) is 19.8 Å². The van der Waals surface area contributed by atoms with Gasteiger partial charge < -0.3 is 36.4 Å². The van der Waals surface area contributed by atoms with E-state index in [9.17, 15) is 0 Å². The van der Waals surface area contributed by atoms with Gasteiger partial charge in [-0.3, -0.25) is 0 Å². The van der Waals surface area contributed by atoms with Crippen molar-refractivity contribution in [1.82, 2.24) is 0 Å². The van der Waals surface area contributed by atoms with Crippen molar-refractivity contribution in [3.8, 4) is 0 Å². The first-order valence-corrected chi connectivity index (χ1v) is 4.36. The third-order valence-electron chi connectivity index (χ3n) is 0.845. The largest absolute Gasteiger partial charge is 1.00 e. The minimum Gasteiger partial charge on any atom is -0.549 e. The summed E-state index contributed by atoms with van der Waals surface area (Å²) >= 11 is 0. The Kier molecular flexibility index (Phi) is 57.1. The molecule has 0 unspecified atom stereocenters. The molecule has 0 aromatic rings. The van der Waals surface area contributed by atoms with E-state index in [1.54, 1.807) is 0 Å². The summed E-state index contributed by atoms with van der Waals surface area (Å²) in [6.07, 6.45) is 2.04. The molecule has 0 amide bonds. The van der Waals surface area contributed by atoms with Crippen LogP contribution in [0, 0.1) is 0 Å². The van der Waals surface area contributed by atoms with E-state index in [-0.39, 0.29) is 116 Å². The van der Waals surface area contributed by atoms with Gasteiger partial charge in [0.25, 0.3) is 0 Å². The Balaban J connectivity index is -0.0000000400. The predicted octanol–water partition coefficient (Wildman–Crippen LogP) is -9.82. The number of unbranched alkanes of at least 4 members (excludes halogenated alkanes) is 1. The van der Waals surface area contributed by atoms with Gasteiger partial charge in [0, 0.05) is 19.7 Å². The summed E-state index contributed by atoms with van der Waals surface area (Å²) in [5.41, 5.74) is 9.02. The van der Waals surface area contributed by atoms with E-state index >= 15 is 0 Å². The second-order valence-corrected chi connectivity index (χ2v) is 2.23. The maximum absolute atomic E-state index is 9.13. The van der Waals surface area contributed by atoms with Crippen molar-refractivity contribution in [2.75, 3.05) is 19.7 Å². The zero-order valence-corrected chi connectivity index (χ0v) is 17.0. The van der Waals surface area contributed by atoms with Crippen molar-refractivity contribution in [3.63, 3.8) is 0 Å². The quantitative estimate of drug-likeness (QED) is 0.436. The molecule has 7 nitrogen and oxygen atoms in total. The third kappa shape index (κ3) is 71.5. The zero-order chi connectivity index (χ0) is 12.7. The maximum Gasteiger partial charge on any atom is 1.00 e. The number of aliphatic carboxylic acids is 2. The number of carbonyl (C=O) groups excluding carboxylic acids is 2. The van der Waals surface area contributed by atoms with Crippen molar-refractivity contribution >= 4 is 11.9 Å². The fourth-order valence-electron chi connectivity index (χ4n) is 0.158. The van der Waals surface area contributed by atoms with Crippen LogP contribution in [0.5, 0.6) is 0 Å². The monoisotopic (exact) mass is 300 g/mol. The van der Waals surface area contributed by atoms with E-state index in [2.05, 4.69) is 18.4 Å². The summed E-state index contributed by atoms with van der Waals surface area (Å²) in [5.74, 6) is -2.44. The number of nitrogens with two attached hydrogens (primary N) is 2. The molecule has 0 aliphatic heterocycles. The summed E-state index contributed by atoms with van der Waals surface area (Å²) in [6.45, 7) is 1.62. The number of carbonyl (C=O) groups is 2. The van der Waals surface area contributed by atoms with E-state index in [4.69, 9.17) is 24.9 Å². The van der Waals surface area contributed by atoms with Gasteiger partial charge in [-0.15, -0.1) is 0 Å². The minimum atomic E-state index is -1.22. The van der Waals surface area contributed by atoms with Crippen LogP contribution in [-0.4, -0.2) is 36.7 Å². The molecule has 0 heterocycles. The molecular weight excluding hydrogens is 282 g/mol. The number of aliphatic hydroxyl groups excluding tert-OH is 1. The van der Waals surface area contributed by atoms with Gasteiger partial charge >= 0.3 is 103 Å². The molecule has 0 aromatic carbocycles. The summed E-state index contributed by atoms with van der Waals surface area (Å²) in [7, 11) is 0. The van der Waals surface area contributed by atoms with Crippen LogP contribution >= 0.6 is 0 Å². The topological polar surface area (TPSA) is 153 Å². The summed E-state index contributed by atoms with van der Waals surface area (Å²) in [5, 5.41) is 26.3. The molecule has 0 aromatic heterocycles. The molecule has 0 spiro atoms. The van der Waals surface area contributed by atoms with Gasteiger partial charge in [-0.1, -0.05) is 13.3 Å². The van der Waals surface area contributed by atoms with Gasteiger partial charge in [-0.2, -0.15) is 0 Å². The second-order valence-electron chi connectivity index (χ2n) is 2.23. The summed E-state index contributed by atoms with van der Waals surface area (Å²) in [4.78, 5) is 18.3. The average Bonchev–Trinajstić information content (AvgIpc) is 2.20. The Labute approximate surface area is 187 Å². The molecule has 0 atom stereocenters.